The van der Waals surface area contributed by atoms with Crippen molar-refractivity contribution < 1.29 is 19.8 Å². The van der Waals surface area contributed by atoms with Crippen molar-refractivity contribution in [2.45, 2.75) is 12.8 Å². The fourth-order valence-electron chi connectivity index (χ4n) is 0.509. The zero-order chi connectivity index (χ0) is 4.24. The number of nitrogens with one attached hydrogen (secondary N) is 2. The minimum atomic E-state index is 0. The maximum absolute atomic E-state index is 2.98. The Bertz CT molecular complexity index is 25.2. The average Bonchev–Trinajstić information content (AvgIpc) is 1.72. The van der Waals surface area contributed by atoms with Crippen molar-refractivity contribution in [1.82, 2.24) is 10.9 Å². The van der Waals surface area contributed by atoms with Crippen molar-refractivity contribution in [1.29, 1.82) is 0 Å². The van der Waals surface area contributed by atoms with Crippen molar-refractivity contribution in [3.63, 3.8) is 0 Å². The Balaban J connectivity index is 0.000000360. The fourth-order valence-corrected chi connectivity index (χ4v) is 0.509. The Morgan fingerprint density at radius 2 is 2.29 bits per heavy atom. The smallest absolute Gasteiger partial charge is 0.408 e. The molecule has 2 nitrogen and oxygen atoms in total. The van der Waals surface area contributed by atoms with Crippen LogP contribution in [-0.4, -0.2) is 6.54 Å². The molecule has 0 spiro atoms. The maximum Gasteiger partial charge on any atom is 1.00 e. The van der Waals surface area contributed by atoms with E-state index < -0.39 is 0 Å². The SMILES string of the molecule is [CH-]1CCCNN1.[Os+]. The largest absolute Gasteiger partial charge is 1.00 e. The Kier molecular flexibility index (Phi) is 5.08. The van der Waals surface area contributed by atoms with Gasteiger partial charge in [-0.25, -0.2) is 0 Å². The molecule has 1 rings (SSSR count). The summed E-state index contributed by atoms with van der Waals surface area (Å²) >= 11 is 0. The summed E-state index contributed by atoms with van der Waals surface area (Å²) in [6.45, 7) is 3.14. The number of hydrogen-bond donors (Lipinski definition) is 2. The molecule has 0 aromatic heterocycles. The second-order valence-electron chi connectivity index (χ2n) is 1.42. The molecular formula is C4H9N2Os. The van der Waals surface area contributed by atoms with E-state index in [1.165, 1.54) is 12.8 Å². The van der Waals surface area contributed by atoms with E-state index in [1.807, 2.05) is 6.54 Å². The first kappa shape index (κ1) is 7.56. The minimum Gasteiger partial charge on any atom is -0.408 e. The summed E-state index contributed by atoms with van der Waals surface area (Å²) in [5, 5.41) is 0. The van der Waals surface area contributed by atoms with Gasteiger partial charge in [0.15, 0.2) is 0 Å². The molecule has 3 heteroatoms. The Morgan fingerprint density at radius 3 is 2.43 bits per heavy atom. The molecule has 0 aromatic rings. The molecule has 1 radical (unpaired) electrons. The molecule has 0 aliphatic carbocycles. The van der Waals surface area contributed by atoms with Gasteiger partial charge in [-0.15, -0.1) is 0 Å². The zero-order valence-corrected chi connectivity index (χ0v) is 6.59. The van der Waals surface area contributed by atoms with E-state index in [4.69, 9.17) is 0 Å². The van der Waals surface area contributed by atoms with E-state index in [-0.39, 0.29) is 19.8 Å². The molecule has 1 aliphatic heterocycles. The van der Waals surface area contributed by atoms with Crippen molar-refractivity contribution in [2.24, 2.45) is 0 Å². The van der Waals surface area contributed by atoms with Crippen LogP contribution in [0.1, 0.15) is 12.8 Å². The normalized spacial score (nSPS) is 20.6. The Hall–Kier alpha value is 0.556. The summed E-state index contributed by atoms with van der Waals surface area (Å²) < 4.78 is 0. The standard InChI is InChI=1S/C4H9N2.Os/c1-2-4-6-5-3-1;/h3,5-6H,1-2,4H2;/q-1;+1. The van der Waals surface area contributed by atoms with Gasteiger partial charge >= 0.3 is 19.8 Å². The molecule has 0 aromatic carbocycles. The van der Waals surface area contributed by atoms with Gasteiger partial charge in [-0.05, 0) is 0 Å². The van der Waals surface area contributed by atoms with Gasteiger partial charge in [0.2, 0.25) is 0 Å². The maximum atomic E-state index is 2.98. The molecule has 43 valence electrons. The van der Waals surface area contributed by atoms with E-state index in [1.54, 1.807) is 0 Å². The summed E-state index contributed by atoms with van der Waals surface area (Å²) in [6, 6.07) is 0. The molecule has 1 fully saturated rings. The van der Waals surface area contributed by atoms with Gasteiger partial charge in [0.05, 0.1) is 0 Å². The first-order valence-electron chi connectivity index (χ1n) is 2.30. The number of hydrazine groups is 1. The van der Waals surface area contributed by atoms with Crippen LogP contribution >= 0.6 is 0 Å². The Morgan fingerprint density at radius 1 is 1.43 bits per heavy atom. The molecule has 1 heterocycles. The van der Waals surface area contributed by atoms with Crippen LogP contribution in [-0.2, 0) is 19.8 Å². The van der Waals surface area contributed by atoms with Crippen LogP contribution in [0.25, 0.3) is 0 Å². The Labute approximate surface area is 57.1 Å². The third-order valence-corrected chi connectivity index (χ3v) is 0.854. The second-order valence-corrected chi connectivity index (χ2v) is 1.42. The summed E-state index contributed by atoms with van der Waals surface area (Å²) in [6.07, 6.45) is 2.47. The van der Waals surface area contributed by atoms with Gasteiger partial charge in [0, 0.05) is 6.54 Å². The fraction of sp³-hybridized carbons (Fsp3) is 0.750. The second kappa shape index (κ2) is 4.71. The van der Waals surface area contributed by atoms with Crippen LogP contribution in [0.5, 0.6) is 0 Å². The third-order valence-electron chi connectivity index (χ3n) is 0.854. The van der Waals surface area contributed by atoms with E-state index in [2.05, 4.69) is 10.9 Å². The molecular weight excluding hydrogens is 266 g/mol. The van der Waals surface area contributed by atoms with E-state index in [0.717, 1.165) is 6.54 Å². The van der Waals surface area contributed by atoms with E-state index in [0.29, 0.717) is 0 Å². The van der Waals surface area contributed by atoms with Crippen molar-refractivity contribution in [3.8, 4) is 0 Å². The molecule has 1 aliphatic rings. The van der Waals surface area contributed by atoms with E-state index >= 15 is 0 Å². The number of hydrogen-bond acceptors (Lipinski definition) is 2. The van der Waals surface area contributed by atoms with Gasteiger partial charge < -0.3 is 5.43 Å². The van der Waals surface area contributed by atoms with Gasteiger partial charge in [0.1, 0.15) is 0 Å². The van der Waals surface area contributed by atoms with Crippen molar-refractivity contribution in [3.05, 3.63) is 6.54 Å². The monoisotopic (exact) mass is 277 g/mol. The molecule has 2 N–H and O–H groups in total. The molecule has 0 atom stereocenters. The summed E-state index contributed by atoms with van der Waals surface area (Å²) in [4.78, 5) is 0. The predicted octanol–water partition coefficient (Wildman–Crippen LogP) is 0.0337. The predicted molar refractivity (Wildman–Crippen MR) is 24.7 cm³/mol. The van der Waals surface area contributed by atoms with Crippen LogP contribution in [0, 0.1) is 6.54 Å². The van der Waals surface area contributed by atoms with E-state index in [9.17, 15) is 0 Å². The average molecular weight is 275 g/mol. The van der Waals surface area contributed by atoms with Crippen LogP contribution in [0.4, 0.5) is 0 Å². The molecule has 0 saturated carbocycles. The summed E-state index contributed by atoms with van der Waals surface area (Å²) in [5.74, 6) is 0. The van der Waals surface area contributed by atoms with Gasteiger partial charge in [-0.3, -0.25) is 12.0 Å². The van der Waals surface area contributed by atoms with Crippen LogP contribution < -0.4 is 10.9 Å². The summed E-state index contributed by atoms with van der Waals surface area (Å²) in [5.41, 5.74) is 5.89. The summed E-state index contributed by atoms with van der Waals surface area (Å²) in [7, 11) is 0. The first-order chi connectivity index (χ1) is 3.00. The van der Waals surface area contributed by atoms with Gasteiger partial charge in [-0.1, -0.05) is 6.42 Å². The third kappa shape index (κ3) is 3.17. The topological polar surface area (TPSA) is 24.1 Å². The molecule has 0 bridgehead atoms. The van der Waals surface area contributed by atoms with Crippen LogP contribution in [0.3, 0.4) is 0 Å². The van der Waals surface area contributed by atoms with Crippen LogP contribution in [0.15, 0.2) is 0 Å². The molecule has 0 unspecified atom stereocenters. The molecule has 0 amide bonds. The van der Waals surface area contributed by atoms with Crippen molar-refractivity contribution in [2.75, 3.05) is 6.54 Å². The first-order valence-corrected chi connectivity index (χ1v) is 2.30. The van der Waals surface area contributed by atoms with Gasteiger partial charge in [0.25, 0.3) is 0 Å². The zero-order valence-electron chi connectivity index (χ0n) is 4.05. The van der Waals surface area contributed by atoms with Gasteiger partial charge in [-0.2, -0.15) is 6.42 Å². The number of rotatable bonds is 0. The van der Waals surface area contributed by atoms with Crippen molar-refractivity contribution >= 4 is 0 Å². The quantitative estimate of drug-likeness (QED) is 0.610. The molecule has 1 saturated heterocycles. The molecule has 7 heavy (non-hydrogen) atoms. The minimum absolute atomic E-state index is 0. The van der Waals surface area contributed by atoms with Crippen LogP contribution in [0.2, 0.25) is 0 Å².